The maximum Gasteiger partial charge on any atom is 0.0467 e. The molecular weight excluding hydrogens is 665 g/mol. The molecule has 2 heteroatoms. The summed E-state index contributed by atoms with van der Waals surface area (Å²) in [5.74, 6) is 0. The molecule has 2 nitrogen and oxygen atoms in total. The third kappa shape index (κ3) is 9.48. The molecule has 0 atom stereocenters. The zero-order valence-electron chi connectivity index (χ0n) is 32.7. The first-order valence-electron chi connectivity index (χ1n) is 18.8. The molecular formula is C53H50N2. The highest BCUT2D eigenvalue weighted by atomic mass is 15.1. The standard InChI is InChI=1S/C53H50N2/c1-8-9-15-44(36-37-54(43(7)29-22-39(2)3)46-30-23-40(4)24-31-46)50-18-10-12-20-52(50)53-21-13-11-19-51(53)45-16-14-17-49(38-45)55(47-32-25-41(5)26-33-47)48-34-27-42(6)28-35-48/h8-38H,2,7H2,1,3-6H3/b9-8-,29-22-,37-36+,44-15+. The Hall–Kier alpha value is -6.64. The quantitative estimate of drug-likeness (QED) is 0.110. The van der Waals surface area contributed by atoms with Crippen molar-refractivity contribution in [2.24, 2.45) is 0 Å². The maximum absolute atomic E-state index is 4.42. The summed E-state index contributed by atoms with van der Waals surface area (Å²) in [6.07, 6.45) is 14.7. The second-order valence-electron chi connectivity index (χ2n) is 14.0. The smallest absolute Gasteiger partial charge is 0.0467 e. The summed E-state index contributed by atoms with van der Waals surface area (Å²) < 4.78 is 0. The number of anilines is 4. The van der Waals surface area contributed by atoms with Crippen LogP contribution in [0.15, 0.2) is 213 Å². The lowest BCUT2D eigenvalue weighted by atomic mass is 9.89. The molecule has 6 rings (SSSR count). The van der Waals surface area contributed by atoms with E-state index in [1.807, 2.05) is 26.0 Å². The number of allylic oxidation sites excluding steroid dienone is 8. The molecule has 0 fully saturated rings. The molecule has 0 saturated carbocycles. The molecule has 0 N–H and O–H groups in total. The van der Waals surface area contributed by atoms with E-state index >= 15 is 0 Å². The highest BCUT2D eigenvalue weighted by molar-refractivity contribution is 5.93. The largest absolute Gasteiger partial charge is 0.318 e. The summed E-state index contributed by atoms with van der Waals surface area (Å²) >= 11 is 0. The molecule has 0 unspecified atom stereocenters. The van der Waals surface area contributed by atoms with Gasteiger partial charge >= 0.3 is 0 Å². The van der Waals surface area contributed by atoms with E-state index < -0.39 is 0 Å². The van der Waals surface area contributed by atoms with Crippen LogP contribution >= 0.6 is 0 Å². The Morgan fingerprint density at radius 1 is 0.527 bits per heavy atom. The summed E-state index contributed by atoms with van der Waals surface area (Å²) in [6, 6.07) is 52.3. The van der Waals surface area contributed by atoms with E-state index in [2.05, 4.69) is 220 Å². The van der Waals surface area contributed by atoms with Gasteiger partial charge in [0, 0.05) is 34.6 Å². The highest BCUT2D eigenvalue weighted by Crippen LogP contribution is 2.41. The number of benzene rings is 6. The first-order chi connectivity index (χ1) is 26.7. The lowest BCUT2D eigenvalue weighted by Gasteiger charge is -2.26. The molecule has 6 aromatic carbocycles. The first kappa shape index (κ1) is 38.1. The molecule has 0 aliphatic heterocycles. The molecule has 0 heterocycles. The van der Waals surface area contributed by atoms with Gasteiger partial charge in [0.1, 0.15) is 0 Å². The van der Waals surface area contributed by atoms with Gasteiger partial charge in [-0.15, -0.1) is 0 Å². The van der Waals surface area contributed by atoms with Crippen molar-refractivity contribution >= 4 is 28.3 Å². The number of nitrogens with zero attached hydrogens (tertiary/aromatic N) is 2. The van der Waals surface area contributed by atoms with Crippen molar-refractivity contribution in [3.05, 3.63) is 235 Å². The summed E-state index contributed by atoms with van der Waals surface area (Å²) in [5, 5.41) is 0. The van der Waals surface area contributed by atoms with Crippen LogP contribution in [0.4, 0.5) is 22.7 Å². The molecule has 0 bridgehead atoms. The minimum Gasteiger partial charge on any atom is -0.318 e. The molecule has 0 amide bonds. The Bertz CT molecular complexity index is 2340. The third-order valence-corrected chi connectivity index (χ3v) is 9.51. The van der Waals surface area contributed by atoms with Gasteiger partial charge in [-0.25, -0.2) is 0 Å². The highest BCUT2D eigenvalue weighted by Gasteiger charge is 2.17. The monoisotopic (exact) mass is 714 g/mol. The molecule has 0 spiro atoms. The normalized spacial score (nSPS) is 11.8. The second kappa shape index (κ2) is 17.9. The molecule has 6 aromatic rings. The number of hydrogen-bond acceptors (Lipinski definition) is 2. The van der Waals surface area contributed by atoms with Crippen molar-refractivity contribution < 1.29 is 0 Å². The van der Waals surface area contributed by atoms with E-state index in [0.29, 0.717) is 0 Å². The molecule has 272 valence electrons. The van der Waals surface area contributed by atoms with E-state index in [-0.39, 0.29) is 0 Å². The van der Waals surface area contributed by atoms with Crippen LogP contribution < -0.4 is 9.80 Å². The minimum atomic E-state index is 0.845. The van der Waals surface area contributed by atoms with Crippen LogP contribution in [0, 0.1) is 20.8 Å². The fourth-order valence-corrected chi connectivity index (χ4v) is 6.55. The van der Waals surface area contributed by atoms with E-state index in [9.17, 15) is 0 Å². The van der Waals surface area contributed by atoms with Crippen molar-refractivity contribution in [1.29, 1.82) is 0 Å². The Morgan fingerprint density at radius 2 is 1.07 bits per heavy atom. The zero-order chi connectivity index (χ0) is 38.7. The van der Waals surface area contributed by atoms with Gasteiger partial charge in [-0.3, -0.25) is 0 Å². The van der Waals surface area contributed by atoms with Crippen molar-refractivity contribution in [3.63, 3.8) is 0 Å². The number of aryl methyl sites for hydroxylation is 3. The van der Waals surface area contributed by atoms with Gasteiger partial charge in [0.25, 0.3) is 0 Å². The average molecular weight is 715 g/mol. The second-order valence-corrected chi connectivity index (χ2v) is 14.0. The van der Waals surface area contributed by atoms with Crippen LogP contribution in [0.25, 0.3) is 27.8 Å². The van der Waals surface area contributed by atoms with Crippen molar-refractivity contribution in [2.75, 3.05) is 9.80 Å². The molecule has 0 saturated heterocycles. The summed E-state index contributed by atoms with van der Waals surface area (Å²) in [6.45, 7) is 18.9. The van der Waals surface area contributed by atoms with E-state index in [1.165, 1.54) is 22.3 Å². The van der Waals surface area contributed by atoms with Gasteiger partial charge in [-0.1, -0.05) is 157 Å². The van der Waals surface area contributed by atoms with E-state index in [1.54, 1.807) is 0 Å². The van der Waals surface area contributed by atoms with Gasteiger partial charge < -0.3 is 9.80 Å². The Morgan fingerprint density at radius 3 is 1.65 bits per heavy atom. The van der Waals surface area contributed by atoms with Gasteiger partial charge in [0.15, 0.2) is 0 Å². The number of rotatable bonds is 13. The Labute approximate surface area is 328 Å². The van der Waals surface area contributed by atoms with E-state index in [0.717, 1.165) is 61.8 Å². The fourth-order valence-electron chi connectivity index (χ4n) is 6.55. The van der Waals surface area contributed by atoms with Crippen LogP contribution in [-0.4, -0.2) is 0 Å². The topological polar surface area (TPSA) is 6.48 Å². The zero-order valence-corrected chi connectivity index (χ0v) is 32.7. The molecule has 55 heavy (non-hydrogen) atoms. The van der Waals surface area contributed by atoms with Crippen molar-refractivity contribution in [3.8, 4) is 22.3 Å². The van der Waals surface area contributed by atoms with Crippen LogP contribution in [0.2, 0.25) is 0 Å². The fraction of sp³-hybridized carbons (Fsp3) is 0.0943. The van der Waals surface area contributed by atoms with Gasteiger partial charge in [0.2, 0.25) is 0 Å². The van der Waals surface area contributed by atoms with Gasteiger partial charge in [-0.05, 0) is 129 Å². The van der Waals surface area contributed by atoms with E-state index in [4.69, 9.17) is 0 Å². The lowest BCUT2D eigenvalue weighted by Crippen LogP contribution is -2.13. The average Bonchev–Trinajstić information content (AvgIpc) is 3.20. The summed E-state index contributed by atoms with van der Waals surface area (Å²) in [7, 11) is 0. The van der Waals surface area contributed by atoms with Crippen LogP contribution in [0.5, 0.6) is 0 Å². The summed E-state index contributed by atoms with van der Waals surface area (Å²) in [4.78, 5) is 4.46. The summed E-state index contributed by atoms with van der Waals surface area (Å²) in [5.41, 5.74) is 16.7. The molecule has 0 aliphatic carbocycles. The minimum absolute atomic E-state index is 0.845. The predicted octanol–water partition coefficient (Wildman–Crippen LogP) is 15.0. The Kier molecular flexibility index (Phi) is 12.4. The molecule has 0 aliphatic rings. The molecule has 0 radical (unpaired) electrons. The number of hydrogen-bond donors (Lipinski definition) is 0. The van der Waals surface area contributed by atoms with Crippen LogP contribution in [0.1, 0.15) is 36.1 Å². The van der Waals surface area contributed by atoms with Crippen LogP contribution in [-0.2, 0) is 0 Å². The van der Waals surface area contributed by atoms with Crippen molar-refractivity contribution in [1.82, 2.24) is 0 Å². The van der Waals surface area contributed by atoms with Gasteiger partial charge in [0.05, 0.1) is 0 Å². The maximum atomic E-state index is 4.42. The predicted molar refractivity (Wildman–Crippen MR) is 240 cm³/mol. The van der Waals surface area contributed by atoms with Crippen LogP contribution in [0.3, 0.4) is 0 Å². The lowest BCUT2D eigenvalue weighted by molar-refractivity contribution is 1.21. The first-order valence-corrected chi connectivity index (χ1v) is 18.8. The van der Waals surface area contributed by atoms with Crippen molar-refractivity contribution in [2.45, 2.75) is 34.6 Å². The Balaban J connectivity index is 1.44. The third-order valence-electron chi connectivity index (χ3n) is 9.51. The molecule has 0 aromatic heterocycles. The SMILES string of the molecule is C=C(C)/C=C\C(=C)N(/C=C/C(=C\C=C/C)c1ccccc1-c1ccccc1-c1cccc(N(c2ccc(C)cc2)c2ccc(C)cc2)c1)c1ccc(C)cc1. The van der Waals surface area contributed by atoms with Gasteiger partial charge in [-0.2, -0.15) is 0 Å².